The van der Waals surface area contributed by atoms with Crippen LogP contribution in [0.1, 0.15) is 26.2 Å². The zero-order valence-corrected chi connectivity index (χ0v) is 9.28. The zero-order valence-electron chi connectivity index (χ0n) is 9.28. The van der Waals surface area contributed by atoms with Crippen LogP contribution in [0.3, 0.4) is 0 Å². The Balaban J connectivity index is 2.31. The highest BCUT2D eigenvalue weighted by Gasteiger charge is 2.27. The summed E-state index contributed by atoms with van der Waals surface area (Å²) in [5.41, 5.74) is 0. The Morgan fingerprint density at radius 1 is 1.67 bits per heavy atom. The minimum atomic E-state index is -0.276. The Labute approximate surface area is 89.8 Å². The number of nitrogens with one attached hydrogen (secondary N) is 1. The fourth-order valence-electron chi connectivity index (χ4n) is 1.69. The van der Waals surface area contributed by atoms with E-state index in [-0.39, 0.29) is 24.5 Å². The molecular weight excluding hydrogens is 196 g/mol. The van der Waals surface area contributed by atoms with Crippen molar-refractivity contribution in [2.45, 2.75) is 32.2 Å². The van der Waals surface area contributed by atoms with Gasteiger partial charge in [-0.1, -0.05) is 13.3 Å². The smallest absolute Gasteiger partial charge is 0.317 e. The third-order valence-corrected chi connectivity index (χ3v) is 2.51. The van der Waals surface area contributed by atoms with Crippen molar-refractivity contribution in [1.82, 2.24) is 10.2 Å². The van der Waals surface area contributed by atoms with Gasteiger partial charge < -0.3 is 15.0 Å². The van der Waals surface area contributed by atoms with E-state index in [9.17, 15) is 9.59 Å². The highest BCUT2D eigenvalue weighted by molar-refractivity contribution is 5.77. The summed E-state index contributed by atoms with van der Waals surface area (Å²) in [5, 5.41) is 2.88. The molecular formula is C10H18N2O3. The third kappa shape index (κ3) is 3.42. The van der Waals surface area contributed by atoms with Crippen molar-refractivity contribution in [2.24, 2.45) is 0 Å². The van der Waals surface area contributed by atoms with Crippen LogP contribution in [0.4, 0.5) is 4.79 Å². The molecule has 0 aliphatic carbocycles. The molecule has 1 aliphatic heterocycles. The average molecular weight is 214 g/mol. The van der Waals surface area contributed by atoms with E-state index in [1.807, 2.05) is 0 Å². The number of rotatable bonds is 5. The number of carbonyl (C=O) groups excluding carboxylic acids is 2. The summed E-state index contributed by atoms with van der Waals surface area (Å²) in [7, 11) is 1.35. The second-order valence-corrected chi connectivity index (χ2v) is 3.71. The van der Waals surface area contributed by atoms with E-state index in [0.29, 0.717) is 13.1 Å². The van der Waals surface area contributed by atoms with Crippen LogP contribution in [0.15, 0.2) is 0 Å². The summed E-state index contributed by atoms with van der Waals surface area (Å²) in [6.07, 6.45) is 2.30. The number of hydrogen-bond donors (Lipinski definition) is 1. The van der Waals surface area contributed by atoms with Crippen molar-refractivity contribution < 1.29 is 14.3 Å². The third-order valence-electron chi connectivity index (χ3n) is 2.51. The van der Waals surface area contributed by atoms with Gasteiger partial charge in [-0.05, 0) is 6.42 Å². The van der Waals surface area contributed by atoms with E-state index in [1.165, 1.54) is 7.11 Å². The van der Waals surface area contributed by atoms with Gasteiger partial charge in [-0.3, -0.25) is 4.79 Å². The molecule has 1 saturated heterocycles. The molecule has 0 aromatic heterocycles. The second kappa shape index (κ2) is 5.58. The molecule has 0 radical (unpaired) electrons. The summed E-state index contributed by atoms with van der Waals surface area (Å²) < 4.78 is 4.52. The maximum Gasteiger partial charge on any atom is 0.317 e. The van der Waals surface area contributed by atoms with Crippen molar-refractivity contribution in [3.8, 4) is 0 Å². The highest BCUT2D eigenvalue weighted by Crippen LogP contribution is 2.09. The van der Waals surface area contributed by atoms with Gasteiger partial charge in [0.1, 0.15) is 0 Å². The van der Waals surface area contributed by atoms with Crippen LogP contribution in [0, 0.1) is 0 Å². The molecule has 5 nitrogen and oxygen atoms in total. The van der Waals surface area contributed by atoms with Crippen LogP contribution in [-0.2, 0) is 9.53 Å². The number of nitrogens with zero attached hydrogens (tertiary/aromatic N) is 1. The van der Waals surface area contributed by atoms with Crippen LogP contribution in [0.5, 0.6) is 0 Å². The van der Waals surface area contributed by atoms with Crippen molar-refractivity contribution in [3.05, 3.63) is 0 Å². The summed E-state index contributed by atoms with van der Waals surface area (Å²) in [4.78, 5) is 24.0. The Hall–Kier alpha value is -1.26. The lowest BCUT2D eigenvalue weighted by atomic mass is 10.2. The summed E-state index contributed by atoms with van der Waals surface area (Å²) in [6, 6.07) is 0.164. The summed E-state index contributed by atoms with van der Waals surface area (Å²) in [6.45, 7) is 3.23. The van der Waals surface area contributed by atoms with Gasteiger partial charge in [-0.2, -0.15) is 0 Å². The van der Waals surface area contributed by atoms with Gasteiger partial charge in [-0.15, -0.1) is 0 Å². The predicted molar refractivity (Wildman–Crippen MR) is 55.4 cm³/mol. The lowest BCUT2D eigenvalue weighted by Gasteiger charge is -2.13. The lowest BCUT2D eigenvalue weighted by Crippen LogP contribution is -2.30. The van der Waals surface area contributed by atoms with Crippen molar-refractivity contribution in [1.29, 1.82) is 0 Å². The first kappa shape index (κ1) is 11.8. The predicted octanol–water partition coefficient (Wildman–Crippen LogP) is 0.743. The Bertz CT molecular complexity index is 243. The number of methoxy groups -OCH3 is 1. The molecule has 15 heavy (non-hydrogen) atoms. The van der Waals surface area contributed by atoms with Crippen molar-refractivity contribution in [3.63, 3.8) is 0 Å². The van der Waals surface area contributed by atoms with Crippen LogP contribution in [0.25, 0.3) is 0 Å². The molecule has 2 amide bonds. The van der Waals surface area contributed by atoms with Gasteiger partial charge in [-0.25, -0.2) is 4.79 Å². The maximum absolute atomic E-state index is 11.4. The van der Waals surface area contributed by atoms with E-state index in [0.717, 1.165) is 12.8 Å². The first-order valence-electron chi connectivity index (χ1n) is 5.29. The number of carbonyl (C=O) groups is 2. The zero-order chi connectivity index (χ0) is 11.3. The summed E-state index contributed by atoms with van der Waals surface area (Å²) >= 11 is 0. The summed E-state index contributed by atoms with van der Waals surface area (Å²) in [5.74, 6) is -0.276. The Morgan fingerprint density at radius 3 is 3.00 bits per heavy atom. The number of ether oxygens (including phenoxy) is 1. The number of amides is 2. The molecule has 1 atom stereocenters. The van der Waals surface area contributed by atoms with Gasteiger partial charge in [0.25, 0.3) is 0 Å². The fraction of sp³-hybridized carbons (Fsp3) is 0.800. The van der Waals surface area contributed by atoms with Crippen LogP contribution >= 0.6 is 0 Å². The molecule has 1 aliphatic rings. The number of urea groups is 1. The first-order chi connectivity index (χ1) is 7.17. The fourth-order valence-corrected chi connectivity index (χ4v) is 1.69. The highest BCUT2D eigenvalue weighted by atomic mass is 16.5. The molecule has 0 aromatic rings. The monoisotopic (exact) mass is 214 g/mol. The van der Waals surface area contributed by atoms with E-state index >= 15 is 0 Å². The van der Waals surface area contributed by atoms with Gasteiger partial charge >= 0.3 is 12.0 Å². The Morgan fingerprint density at radius 2 is 2.40 bits per heavy atom. The Kier molecular flexibility index (Phi) is 4.39. The molecule has 1 unspecified atom stereocenters. The molecule has 1 N–H and O–H groups in total. The minimum absolute atomic E-state index is 0.0719. The standard InChI is InChI=1S/C10H18N2O3/c1-3-4-8-7-12(10(14)11-8)6-5-9(13)15-2/h8H,3-7H2,1-2H3,(H,11,14). The molecule has 0 aromatic carbocycles. The van der Waals surface area contributed by atoms with E-state index in [1.54, 1.807) is 4.90 Å². The van der Waals surface area contributed by atoms with Gasteiger partial charge in [0.2, 0.25) is 0 Å². The molecule has 1 heterocycles. The van der Waals surface area contributed by atoms with Crippen molar-refractivity contribution in [2.75, 3.05) is 20.2 Å². The molecule has 1 fully saturated rings. The minimum Gasteiger partial charge on any atom is -0.469 e. The molecule has 5 heteroatoms. The van der Waals surface area contributed by atoms with E-state index < -0.39 is 0 Å². The van der Waals surface area contributed by atoms with Gasteiger partial charge in [0.05, 0.1) is 13.5 Å². The largest absolute Gasteiger partial charge is 0.469 e. The van der Waals surface area contributed by atoms with Crippen LogP contribution in [-0.4, -0.2) is 43.1 Å². The van der Waals surface area contributed by atoms with Crippen LogP contribution in [0.2, 0.25) is 0 Å². The van der Waals surface area contributed by atoms with Gasteiger partial charge in [0.15, 0.2) is 0 Å². The molecule has 86 valence electrons. The molecule has 0 spiro atoms. The molecule has 0 saturated carbocycles. The first-order valence-corrected chi connectivity index (χ1v) is 5.29. The van der Waals surface area contributed by atoms with Crippen molar-refractivity contribution >= 4 is 12.0 Å². The number of hydrogen-bond acceptors (Lipinski definition) is 3. The van der Waals surface area contributed by atoms with E-state index in [2.05, 4.69) is 17.0 Å². The average Bonchev–Trinajstić information content (AvgIpc) is 2.56. The normalized spacial score (nSPS) is 20.3. The SMILES string of the molecule is CCCC1CN(CCC(=O)OC)C(=O)N1. The number of esters is 1. The molecule has 0 bridgehead atoms. The van der Waals surface area contributed by atoms with E-state index in [4.69, 9.17) is 0 Å². The molecule has 1 rings (SSSR count). The topological polar surface area (TPSA) is 58.6 Å². The quantitative estimate of drug-likeness (QED) is 0.687. The van der Waals surface area contributed by atoms with Gasteiger partial charge in [0, 0.05) is 19.1 Å². The van der Waals surface area contributed by atoms with Crippen LogP contribution < -0.4 is 5.32 Å². The second-order valence-electron chi connectivity index (χ2n) is 3.71. The maximum atomic E-state index is 11.4. The lowest BCUT2D eigenvalue weighted by molar-refractivity contribution is -0.140.